The van der Waals surface area contributed by atoms with Crippen LogP contribution in [0.3, 0.4) is 0 Å². The molecule has 5 nitrogen and oxygen atoms in total. The molecule has 0 saturated heterocycles. The molecule has 1 amide bonds. The first-order chi connectivity index (χ1) is 15.7. The van der Waals surface area contributed by atoms with Gasteiger partial charge in [0.15, 0.2) is 0 Å². The molecule has 0 heterocycles. The van der Waals surface area contributed by atoms with Gasteiger partial charge in [-0.25, -0.2) is 9.18 Å². The van der Waals surface area contributed by atoms with Crippen molar-refractivity contribution in [3.63, 3.8) is 0 Å². The molecule has 0 radical (unpaired) electrons. The van der Waals surface area contributed by atoms with Crippen LogP contribution in [-0.2, 0) is 16.0 Å². The minimum absolute atomic E-state index is 0.0797. The second-order valence-corrected chi connectivity index (χ2v) is 8.41. The molecule has 2 N–H and O–H groups in total. The summed E-state index contributed by atoms with van der Waals surface area (Å²) < 4.78 is 14.3. The molecule has 0 aliphatic heterocycles. The van der Waals surface area contributed by atoms with Crippen molar-refractivity contribution in [3.05, 3.63) is 65.0 Å². The van der Waals surface area contributed by atoms with E-state index in [-0.39, 0.29) is 12.3 Å². The van der Waals surface area contributed by atoms with Gasteiger partial charge < -0.3 is 15.3 Å². The Balaban J connectivity index is 2.40. The van der Waals surface area contributed by atoms with E-state index in [4.69, 9.17) is 5.11 Å². The summed E-state index contributed by atoms with van der Waals surface area (Å²) in [6, 6.07) is 10.5. The third-order valence-corrected chi connectivity index (χ3v) is 5.53. The van der Waals surface area contributed by atoms with Crippen molar-refractivity contribution in [2.45, 2.75) is 59.8 Å². The molecule has 0 saturated carbocycles. The highest BCUT2D eigenvalue weighted by molar-refractivity contribution is 5.97. The molecular formula is C27H35FN2O3. The molecule has 178 valence electrons. The normalized spacial score (nSPS) is 11.4. The van der Waals surface area contributed by atoms with Crippen molar-refractivity contribution in [1.29, 1.82) is 0 Å². The van der Waals surface area contributed by atoms with Crippen LogP contribution in [0.1, 0.15) is 63.1 Å². The number of carbonyl (C=O) groups is 2. The van der Waals surface area contributed by atoms with Crippen molar-refractivity contribution in [2.24, 2.45) is 0 Å². The van der Waals surface area contributed by atoms with E-state index in [1.54, 1.807) is 32.0 Å². The summed E-state index contributed by atoms with van der Waals surface area (Å²) in [7, 11) is 0. The monoisotopic (exact) mass is 454 g/mol. The average Bonchev–Trinajstić information content (AvgIpc) is 2.75. The third kappa shape index (κ3) is 8.04. The van der Waals surface area contributed by atoms with Crippen molar-refractivity contribution in [1.82, 2.24) is 0 Å². The van der Waals surface area contributed by atoms with Gasteiger partial charge >= 0.3 is 5.97 Å². The van der Waals surface area contributed by atoms with E-state index >= 15 is 0 Å². The predicted octanol–water partition coefficient (Wildman–Crippen LogP) is 6.21. The highest BCUT2D eigenvalue weighted by atomic mass is 19.1. The lowest BCUT2D eigenvalue weighted by atomic mass is 10.0. The minimum Gasteiger partial charge on any atom is -0.478 e. The molecule has 6 heteroatoms. The Kier molecular flexibility index (Phi) is 10.1. The van der Waals surface area contributed by atoms with Crippen LogP contribution in [0.25, 0.3) is 5.57 Å². The zero-order valence-corrected chi connectivity index (χ0v) is 20.1. The number of nitrogens with one attached hydrogen (secondary N) is 1. The van der Waals surface area contributed by atoms with Gasteiger partial charge in [0.25, 0.3) is 0 Å². The zero-order chi connectivity index (χ0) is 24.4. The molecule has 0 fully saturated rings. The zero-order valence-electron chi connectivity index (χ0n) is 20.1. The van der Waals surface area contributed by atoms with Crippen molar-refractivity contribution < 1.29 is 19.1 Å². The van der Waals surface area contributed by atoms with Gasteiger partial charge in [0, 0.05) is 19.2 Å². The molecule has 0 atom stereocenters. The summed E-state index contributed by atoms with van der Waals surface area (Å²) in [6.45, 7) is 9.52. The largest absolute Gasteiger partial charge is 0.478 e. The lowest BCUT2D eigenvalue weighted by molar-refractivity contribution is -0.131. The SMILES string of the molecule is CCCCN(CCCC)c1ccc(/C(C)=C\C(=O)O)cc1NC(=O)Cc1ccc(C)cc1F. The molecule has 2 aromatic rings. The molecule has 0 bridgehead atoms. The number of aryl methyl sites for hydroxylation is 1. The van der Waals surface area contributed by atoms with Gasteiger partial charge in [-0.1, -0.05) is 44.9 Å². The van der Waals surface area contributed by atoms with Gasteiger partial charge in [-0.15, -0.1) is 0 Å². The number of carbonyl (C=O) groups excluding carboxylic acids is 1. The summed E-state index contributed by atoms with van der Waals surface area (Å²) in [5.74, 6) is -1.74. The van der Waals surface area contributed by atoms with Gasteiger partial charge in [-0.05, 0) is 67.2 Å². The fraction of sp³-hybridized carbons (Fsp3) is 0.407. The summed E-state index contributed by atoms with van der Waals surface area (Å²) in [5.41, 5.74) is 3.94. The summed E-state index contributed by atoms with van der Waals surface area (Å²) in [5, 5.41) is 12.1. The van der Waals surface area contributed by atoms with Gasteiger partial charge in [-0.3, -0.25) is 4.79 Å². The first-order valence-electron chi connectivity index (χ1n) is 11.6. The molecular weight excluding hydrogens is 419 g/mol. The number of carboxylic acid groups (broad SMARTS) is 1. The fourth-order valence-electron chi connectivity index (χ4n) is 3.64. The van der Waals surface area contributed by atoms with Crippen LogP contribution in [0.2, 0.25) is 0 Å². The number of carboxylic acids is 1. The first-order valence-corrected chi connectivity index (χ1v) is 11.6. The quantitative estimate of drug-likeness (QED) is 0.374. The minimum atomic E-state index is -1.02. The number of aliphatic carboxylic acids is 1. The van der Waals surface area contributed by atoms with Gasteiger partial charge in [0.05, 0.1) is 17.8 Å². The van der Waals surface area contributed by atoms with Crippen molar-refractivity contribution in [2.75, 3.05) is 23.3 Å². The molecule has 0 unspecified atom stereocenters. The number of hydrogen-bond donors (Lipinski definition) is 2. The number of allylic oxidation sites excluding steroid dienone is 1. The Bertz CT molecular complexity index is 993. The van der Waals surface area contributed by atoms with Gasteiger partial charge in [0.1, 0.15) is 5.82 Å². The van der Waals surface area contributed by atoms with Crippen molar-refractivity contribution >= 4 is 28.8 Å². The van der Waals surface area contributed by atoms with E-state index < -0.39 is 11.8 Å². The maximum atomic E-state index is 14.3. The van der Waals surface area contributed by atoms with Crippen LogP contribution in [0.5, 0.6) is 0 Å². The fourth-order valence-corrected chi connectivity index (χ4v) is 3.64. The van der Waals surface area contributed by atoms with Gasteiger partial charge in [0.2, 0.25) is 5.91 Å². The number of halogens is 1. The van der Waals surface area contributed by atoms with E-state index in [2.05, 4.69) is 24.1 Å². The lowest BCUT2D eigenvalue weighted by Gasteiger charge is -2.28. The Morgan fingerprint density at radius 3 is 2.30 bits per heavy atom. The Morgan fingerprint density at radius 2 is 1.73 bits per heavy atom. The van der Waals surface area contributed by atoms with Crippen LogP contribution in [-0.4, -0.2) is 30.1 Å². The Hall–Kier alpha value is -3.15. The van der Waals surface area contributed by atoms with E-state index in [1.807, 2.05) is 12.1 Å². The number of rotatable bonds is 12. The maximum Gasteiger partial charge on any atom is 0.328 e. The van der Waals surface area contributed by atoms with Crippen LogP contribution in [0.4, 0.5) is 15.8 Å². The number of hydrogen-bond acceptors (Lipinski definition) is 3. The van der Waals surface area contributed by atoms with Crippen molar-refractivity contribution in [3.8, 4) is 0 Å². The number of unbranched alkanes of at least 4 members (excludes halogenated alkanes) is 2. The topological polar surface area (TPSA) is 69.6 Å². The number of benzene rings is 2. The summed E-state index contributed by atoms with van der Waals surface area (Å²) >= 11 is 0. The average molecular weight is 455 g/mol. The van der Waals surface area contributed by atoms with E-state index in [9.17, 15) is 14.0 Å². The van der Waals surface area contributed by atoms with Crippen LogP contribution in [0.15, 0.2) is 42.5 Å². The van der Waals surface area contributed by atoms with Gasteiger partial charge in [-0.2, -0.15) is 0 Å². The van der Waals surface area contributed by atoms with Crippen LogP contribution >= 0.6 is 0 Å². The lowest BCUT2D eigenvalue weighted by Crippen LogP contribution is -2.27. The maximum absolute atomic E-state index is 14.3. The number of anilines is 2. The summed E-state index contributed by atoms with van der Waals surface area (Å²) in [4.78, 5) is 26.3. The first kappa shape index (κ1) is 26.1. The molecule has 2 rings (SSSR count). The second-order valence-electron chi connectivity index (χ2n) is 8.41. The summed E-state index contributed by atoms with van der Waals surface area (Å²) in [6.07, 6.45) is 5.21. The van der Waals surface area contributed by atoms with Crippen LogP contribution < -0.4 is 10.2 Å². The molecule has 0 aliphatic rings. The predicted molar refractivity (Wildman–Crippen MR) is 133 cm³/mol. The van der Waals surface area contributed by atoms with E-state index in [1.165, 1.54) is 6.07 Å². The molecule has 0 aromatic heterocycles. The standard InChI is InChI=1S/C27H35FN2O3/c1-5-7-13-30(14-8-6-2)25-12-11-21(20(4)16-27(32)33)17-24(25)29-26(31)18-22-10-9-19(3)15-23(22)28/h9-12,15-17H,5-8,13-14,18H2,1-4H3,(H,29,31)(H,32,33)/b20-16-. The number of amides is 1. The second kappa shape index (κ2) is 12.8. The smallest absolute Gasteiger partial charge is 0.328 e. The van der Waals surface area contributed by atoms with Crippen LogP contribution in [0, 0.1) is 12.7 Å². The molecule has 33 heavy (non-hydrogen) atoms. The molecule has 0 aliphatic carbocycles. The number of nitrogens with zero attached hydrogens (tertiary/aromatic N) is 1. The molecule has 2 aromatic carbocycles. The highest BCUT2D eigenvalue weighted by Gasteiger charge is 2.16. The third-order valence-electron chi connectivity index (χ3n) is 5.53. The Morgan fingerprint density at radius 1 is 1.06 bits per heavy atom. The molecule has 0 spiro atoms. The highest BCUT2D eigenvalue weighted by Crippen LogP contribution is 2.31. The Labute approximate surface area is 196 Å². The van der Waals surface area contributed by atoms with E-state index in [0.717, 1.165) is 56.1 Å². The van der Waals surface area contributed by atoms with E-state index in [0.29, 0.717) is 22.4 Å².